The van der Waals surface area contributed by atoms with Crippen LogP contribution in [0, 0.1) is 0 Å². The van der Waals surface area contributed by atoms with Gasteiger partial charge in [-0.25, -0.2) is 0 Å². The molecule has 0 atom stereocenters. The Balaban J connectivity index is 2.45. The van der Waals surface area contributed by atoms with Gasteiger partial charge in [-0.15, -0.1) is 0 Å². The Kier molecular flexibility index (Phi) is 4.60. The highest BCUT2D eigenvalue weighted by Gasteiger charge is 2.02. The largest absolute Gasteiger partial charge is 0.507 e. The van der Waals surface area contributed by atoms with Gasteiger partial charge in [-0.2, -0.15) is 0 Å². The van der Waals surface area contributed by atoms with Gasteiger partial charge in [0.15, 0.2) is 0 Å². The number of phenolic OH excluding ortho intramolecular Hbond substituents is 1. The normalized spacial score (nSPS) is 10.1. The quantitative estimate of drug-likeness (QED) is 0.609. The summed E-state index contributed by atoms with van der Waals surface area (Å²) in [5, 5.41) is 12.6. The maximum atomic E-state index is 10.5. The molecule has 4 N–H and O–H groups in total. The Morgan fingerprint density at radius 3 is 2.88 bits per heavy atom. The van der Waals surface area contributed by atoms with Crippen LogP contribution in [0.15, 0.2) is 18.2 Å². The van der Waals surface area contributed by atoms with Crippen LogP contribution < -0.4 is 15.8 Å². The maximum Gasteiger partial charge on any atom is 0.218 e. The smallest absolute Gasteiger partial charge is 0.218 e. The van der Waals surface area contributed by atoms with Crippen molar-refractivity contribution in [2.75, 3.05) is 13.7 Å². The van der Waals surface area contributed by atoms with E-state index in [1.807, 2.05) is 0 Å². The van der Waals surface area contributed by atoms with E-state index in [1.54, 1.807) is 25.3 Å². The topological polar surface area (TPSA) is 84.6 Å². The molecule has 0 fully saturated rings. The molecule has 0 bridgehead atoms. The van der Waals surface area contributed by atoms with Gasteiger partial charge < -0.3 is 20.9 Å². The Labute approximate surface area is 94.2 Å². The third kappa shape index (κ3) is 3.78. The second-order valence-corrected chi connectivity index (χ2v) is 3.39. The predicted octanol–water partition coefficient (Wildman–Crippen LogP) is 0.366. The molecule has 1 aromatic carbocycles. The molecule has 88 valence electrons. The number of hydrogen-bond donors (Lipinski definition) is 3. The van der Waals surface area contributed by atoms with Crippen molar-refractivity contribution in [3.8, 4) is 11.5 Å². The Morgan fingerprint density at radius 2 is 2.31 bits per heavy atom. The monoisotopic (exact) mass is 224 g/mol. The van der Waals surface area contributed by atoms with Gasteiger partial charge in [0.2, 0.25) is 5.91 Å². The number of nitrogens with one attached hydrogen (secondary N) is 1. The van der Waals surface area contributed by atoms with Crippen LogP contribution in [0.2, 0.25) is 0 Å². The van der Waals surface area contributed by atoms with Crippen molar-refractivity contribution in [1.29, 1.82) is 0 Å². The average molecular weight is 224 g/mol. The van der Waals surface area contributed by atoms with Crippen molar-refractivity contribution >= 4 is 5.91 Å². The number of methoxy groups -OCH3 is 1. The van der Waals surface area contributed by atoms with E-state index in [0.717, 1.165) is 5.56 Å². The molecular weight excluding hydrogens is 208 g/mol. The van der Waals surface area contributed by atoms with Gasteiger partial charge in [0.25, 0.3) is 0 Å². The fourth-order valence-electron chi connectivity index (χ4n) is 1.25. The van der Waals surface area contributed by atoms with Gasteiger partial charge in [0.05, 0.1) is 7.11 Å². The number of phenols is 1. The Bertz CT molecular complexity index is 366. The second-order valence-electron chi connectivity index (χ2n) is 3.39. The number of benzene rings is 1. The molecule has 0 heterocycles. The minimum absolute atomic E-state index is 0.172. The highest BCUT2D eigenvalue weighted by Crippen LogP contribution is 2.22. The van der Waals surface area contributed by atoms with Gasteiger partial charge in [-0.05, 0) is 6.07 Å². The van der Waals surface area contributed by atoms with Crippen molar-refractivity contribution < 1.29 is 14.6 Å². The SMILES string of the molecule is COc1ccc(CNCCC(N)=O)c(O)c1. The minimum Gasteiger partial charge on any atom is -0.507 e. The summed E-state index contributed by atoms with van der Waals surface area (Å²) in [5.41, 5.74) is 5.75. The van der Waals surface area contributed by atoms with E-state index in [1.165, 1.54) is 0 Å². The first-order chi connectivity index (χ1) is 7.63. The van der Waals surface area contributed by atoms with Crippen LogP contribution in [0.1, 0.15) is 12.0 Å². The second kappa shape index (κ2) is 5.97. The summed E-state index contributed by atoms with van der Waals surface area (Å²) < 4.78 is 4.97. The van der Waals surface area contributed by atoms with Crippen molar-refractivity contribution in [1.82, 2.24) is 5.32 Å². The van der Waals surface area contributed by atoms with E-state index in [2.05, 4.69) is 5.32 Å². The molecule has 0 unspecified atom stereocenters. The summed E-state index contributed by atoms with van der Waals surface area (Å²) in [6.07, 6.45) is 0.289. The van der Waals surface area contributed by atoms with E-state index in [-0.39, 0.29) is 18.1 Å². The van der Waals surface area contributed by atoms with Crippen molar-refractivity contribution in [3.05, 3.63) is 23.8 Å². The zero-order chi connectivity index (χ0) is 12.0. The molecule has 16 heavy (non-hydrogen) atoms. The van der Waals surface area contributed by atoms with Gasteiger partial charge in [-0.1, -0.05) is 6.07 Å². The fourth-order valence-corrected chi connectivity index (χ4v) is 1.25. The lowest BCUT2D eigenvalue weighted by Crippen LogP contribution is -2.21. The summed E-state index contributed by atoms with van der Waals surface area (Å²) in [4.78, 5) is 10.5. The first-order valence-corrected chi connectivity index (χ1v) is 4.98. The number of hydrogen-bond acceptors (Lipinski definition) is 4. The van der Waals surface area contributed by atoms with Crippen molar-refractivity contribution in [2.24, 2.45) is 5.73 Å². The van der Waals surface area contributed by atoms with E-state index in [9.17, 15) is 9.90 Å². The van der Waals surface area contributed by atoms with Crippen molar-refractivity contribution in [3.63, 3.8) is 0 Å². The van der Waals surface area contributed by atoms with E-state index >= 15 is 0 Å². The first-order valence-electron chi connectivity index (χ1n) is 4.98. The van der Waals surface area contributed by atoms with Gasteiger partial charge in [0, 0.05) is 31.1 Å². The zero-order valence-corrected chi connectivity index (χ0v) is 9.19. The third-order valence-corrected chi connectivity index (χ3v) is 2.16. The summed E-state index contributed by atoms with van der Waals surface area (Å²) in [6, 6.07) is 5.08. The molecule has 1 aromatic rings. The summed E-state index contributed by atoms with van der Waals surface area (Å²) >= 11 is 0. The molecule has 0 aromatic heterocycles. The highest BCUT2D eigenvalue weighted by molar-refractivity contribution is 5.73. The highest BCUT2D eigenvalue weighted by atomic mass is 16.5. The number of primary amides is 1. The fraction of sp³-hybridized carbons (Fsp3) is 0.364. The van der Waals surface area contributed by atoms with Crippen LogP contribution in [0.25, 0.3) is 0 Å². The van der Waals surface area contributed by atoms with E-state index in [0.29, 0.717) is 18.8 Å². The van der Waals surface area contributed by atoms with E-state index < -0.39 is 0 Å². The first kappa shape index (κ1) is 12.3. The molecular formula is C11H16N2O3. The number of nitrogens with two attached hydrogens (primary N) is 1. The van der Waals surface area contributed by atoms with Crippen LogP contribution in [0.5, 0.6) is 11.5 Å². The zero-order valence-electron chi connectivity index (χ0n) is 9.19. The average Bonchev–Trinajstić information content (AvgIpc) is 2.25. The molecule has 0 aliphatic rings. The summed E-state index contributed by atoms with van der Waals surface area (Å²) in [6.45, 7) is 0.990. The molecule has 0 radical (unpaired) electrons. The van der Waals surface area contributed by atoms with Crippen LogP contribution >= 0.6 is 0 Å². The molecule has 0 saturated heterocycles. The Morgan fingerprint density at radius 1 is 1.56 bits per heavy atom. The molecule has 0 saturated carbocycles. The number of aromatic hydroxyl groups is 1. The molecule has 5 heteroatoms. The molecule has 5 nitrogen and oxygen atoms in total. The van der Waals surface area contributed by atoms with Crippen LogP contribution in [-0.4, -0.2) is 24.7 Å². The van der Waals surface area contributed by atoms with E-state index in [4.69, 9.17) is 10.5 Å². The predicted molar refractivity (Wildman–Crippen MR) is 60.2 cm³/mol. The lowest BCUT2D eigenvalue weighted by Gasteiger charge is -2.07. The number of rotatable bonds is 6. The van der Waals surface area contributed by atoms with Gasteiger partial charge in [0.1, 0.15) is 11.5 Å². The molecule has 0 aliphatic carbocycles. The third-order valence-electron chi connectivity index (χ3n) is 2.16. The summed E-state index contributed by atoms with van der Waals surface area (Å²) in [7, 11) is 1.54. The maximum absolute atomic E-state index is 10.5. The standard InChI is InChI=1S/C11H16N2O3/c1-16-9-3-2-8(10(14)6-9)7-13-5-4-11(12)15/h2-3,6,13-14H,4-5,7H2,1H3,(H2,12,15). The van der Waals surface area contributed by atoms with Gasteiger partial charge in [-0.3, -0.25) is 4.79 Å². The minimum atomic E-state index is -0.341. The molecule has 1 rings (SSSR count). The number of amides is 1. The molecule has 1 amide bonds. The number of carbonyl (C=O) groups is 1. The van der Waals surface area contributed by atoms with Gasteiger partial charge >= 0.3 is 0 Å². The van der Waals surface area contributed by atoms with Crippen molar-refractivity contribution in [2.45, 2.75) is 13.0 Å². The number of carbonyl (C=O) groups excluding carboxylic acids is 1. The van der Waals surface area contributed by atoms with Crippen LogP contribution in [0.3, 0.4) is 0 Å². The summed E-state index contributed by atoms with van der Waals surface area (Å²) in [5.74, 6) is 0.441. The Hall–Kier alpha value is -1.75. The lowest BCUT2D eigenvalue weighted by atomic mass is 10.2. The van der Waals surface area contributed by atoms with Crippen LogP contribution in [0.4, 0.5) is 0 Å². The number of ether oxygens (including phenoxy) is 1. The van der Waals surface area contributed by atoms with Crippen LogP contribution in [-0.2, 0) is 11.3 Å². The lowest BCUT2D eigenvalue weighted by molar-refractivity contribution is -0.117. The molecule has 0 aliphatic heterocycles. The molecule has 0 spiro atoms.